The maximum Gasteiger partial charge on any atom is 0.272 e. The number of hydrazone groups is 1. The smallest absolute Gasteiger partial charge is 0.272 e. The van der Waals surface area contributed by atoms with Crippen LogP contribution >= 0.6 is 0 Å². The standard InChI is InChI=1S/C15H15N3O2/c1-10-7-8-12(9-16-10)15(20)18-17-11(2)13-5-3-4-6-14(13)19/h3-9,19H,1-2H3,(H,18,20)/b17-11-. The molecular formula is C15H15N3O2. The average molecular weight is 269 g/mol. The number of aromatic hydroxyl groups is 1. The zero-order valence-electron chi connectivity index (χ0n) is 11.3. The first-order chi connectivity index (χ1) is 9.58. The molecule has 1 heterocycles. The summed E-state index contributed by atoms with van der Waals surface area (Å²) in [6.45, 7) is 3.56. The third-order valence-electron chi connectivity index (χ3n) is 2.79. The number of carbonyl (C=O) groups is 1. The number of phenolic OH excluding ortho intramolecular Hbond substituents is 1. The lowest BCUT2D eigenvalue weighted by molar-refractivity contribution is 0.0954. The average Bonchev–Trinajstić information content (AvgIpc) is 2.45. The molecule has 0 aliphatic carbocycles. The van der Waals surface area contributed by atoms with E-state index in [4.69, 9.17) is 0 Å². The van der Waals surface area contributed by atoms with Gasteiger partial charge in [0.05, 0.1) is 11.3 Å². The summed E-state index contributed by atoms with van der Waals surface area (Å²) < 4.78 is 0. The second-order valence-corrected chi connectivity index (χ2v) is 4.34. The SMILES string of the molecule is C/C(=N/NC(=O)c1ccc(C)nc1)c1ccccc1O. The summed E-state index contributed by atoms with van der Waals surface area (Å²) in [6, 6.07) is 10.3. The third-order valence-corrected chi connectivity index (χ3v) is 2.79. The number of pyridine rings is 1. The van der Waals surface area contributed by atoms with E-state index in [-0.39, 0.29) is 11.7 Å². The van der Waals surface area contributed by atoms with Gasteiger partial charge in [0.25, 0.3) is 5.91 Å². The van der Waals surface area contributed by atoms with Crippen molar-refractivity contribution in [2.24, 2.45) is 5.10 Å². The fraction of sp³-hybridized carbons (Fsp3) is 0.133. The fourth-order valence-corrected chi connectivity index (χ4v) is 1.64. The lowest BCUT2D eigenvalue weighted by Gasteiger charge is -2.04. The van der Waals surface area contributed by atoms with Crippen LogP contribution < -0.4 is 5.43 Å². The van der Waals surface area contributed by atoms with Gasteiger partial charge in [0.15, 0.2) is 0 Å². The number of amides is 1. The maximum absolute atomic E-state index is 11.9. The van der Waals surface area contributed by atoms with Gasteiger partial charge in [0.2, 0.25) is 0 Å². The number of aryl methyl sites for hydroxylation is 1. The van der Waals surface area contributed by atoms with Gasteiger partial charge >= 0.3 is 0 Å². The molecule has 1 aromatic heterocycles. The van der Waals surface area contributed by atoms with Crippen molar-refractivity contribution in [2.45, 2.75) is 13.8 Å². The predicted molar refractivity (Wildman–Crippen MR) is 76.8 cm³/mol. The topological polar surface area (TPSA) is 74.6 Å². The number of aromatic nitrogens is 1. The number of carbonyl (C=O) groups excluding carboxylic acids is 1. The zero-order valence-corrected chi connectivity index (χ0v) is 11.3. The maximum atomic E-state index is 11.9. The summed E-state index contributed by atoms with van der Waals surface area (Å²) >= 11 is 0. The van der Waals surface area contributed by atoms with Crippen LogP contribution in [0.2, 0.25) is 0 Å². The van der Waals surface area contributed by atoms with E-state index in [0.29, 0.717) is 16.8 Å². The molecule has 1 aromatic carbocycles. The molecule has 1 amide bonds. The van der Waals surface area contributed by atoms with Crippen LogP contribution in [0.3, 0.4) is 0 Å². The van der Waals surface area contributed by atoms with Crippen molar-refractivity contribution in [3.63, 3.8) is 0 Å². The van der Waals surface area contributed by atoms with E-state index in [9.17, 15) is 9.90 Å². The van der Waals surface area contributed by atoms with Crippen molar-refractivity contribution in [3.05, 3.63) is 59.4 Å². The quantitative estimate of drug-likeness (QED) is 0.663. The summed E-state index contributed by atoms with van der Waals surface area (Å²) in [7, 11) is 0. The Morgan fingerprint density at radius 3 is 2.65 bits per heavy atom. The molecule has 0 atom stereocenters. The Morgan fingerprint density at radius 2 is 2.00 bits per heavy atom. The Kier molecular flexibility index (Phi) is 4.10. The predicted octanol–water partition coefficient (Wildman–Crippen LogP) is 2.25. The molecule has 20 heavy (non-hydrogen) atoms. The number of para-hydroxylation sites is 1. The van der Waals surface area contributed by atoms with Crippen LogP contribution in [0.4, 0.5) is 0 Å². The van der Waals surface area contributed by atoms with E-state index < -0.39 is 0 Å². The minimum absolute atomic E-state index is 0.125. The Bertz CT molecular complexity index is 648. The normalized spacial score (nSPS) is 11.2. The molecule has 0 aliphatic rings. The Labute approximate surface area is 117 Å². The van der Waals surface area contributed by atoms with Crippen molar-refractivity contribution < 1.29 is 9.90 Å². The van der Waals surface area contributed by atoms with Gasteiger partial charge in [-0.15, -0.1) is 0 Å². The number of nitrogens with one attached hydrogen (secondary N) is 1. The fourth-order valence-electron chi connectivity index (χ4n) is 1.64. The summed E-state index contributed by atoms with van der Waals surface area (Å²) in [4.78, 5) is 15.9. The Balaban J connectivity index is 2.11. The largest absolute Gasteiger partial charge is 0.507 e. The number of rotatable bonds is 3. The number of benzene rings is 1. The van der Waals surface area contributed by atoms with Gasteiger partial charge in [-0.25, -0.2) is 5.43 Å². The van der Waals surface area contributed by atoms with Gasteiger partial charge in [0.1, 0.15) is 5.75 Å². The van der Waals surface area contributed by atoms with E-state index in [1.807, 2.05) is 6.92 Å². The van der Waals surface area contributed by atoms with Crippen LogP contribution in [0.25, 0.3) is 0 Å². The van der Waals surface area contributed by atoms with Crippen LogP contribution in [0, 0.1) is 6.92 Å². The first-order valence-corrected chi connectivity index (χ1v) is 6.13. The lowest BCUT2D eigenvalue weighted by atomic mass is 10.1. The first kappa shape index (κ1) is 13.7. The molecule has 0 aliphatic heterocycles. The van der Waals surface area contributed by atoms with E-state index >= 15 is 0 Å². The van der Waals surface area contributed by atoms with Crippen molar-refractivity contribution in [1.82, 2.24) is 10.4 Å². The van der Waals surface area contributed by atoms with Crippen LogP contribution in [-0.4, -0.2) is 21.7 Å². The van der Waals surface area contributed by atoms with Crippen molar-refractivity contribution >= 4 is 11.6 Å². The van der Waals surface area contributed by atoms with Gasteiger partial charge in [0, 0.05) is 17.5 Å². The molecule has 102 valence electrons. The number of hydrogen-bond acceptors (Lipinski definition) is 4. The van der Waals surface area contributed by atoms with Gasteiger partial charge in [-0.3, -0.25) is 9.78 Å². The Hall–Kier alpha value is -2.69. The van der Waals surface area contributed by atoms with Crippen molar-refractivity contribution in [2.75, 3.05) is 0 Å². The van der Waals surface area contributed by atoms with E-state index in [1.165, 1.54) is 6.20 Å². The van der Waals surface area contributed by atoms with E-state index in [0.717, 1.165) is 5.69 Å². The number of hydrogen-bond donors (Lipinski definition) is 2. The molecule has 0 radical (unpaired) electrons. The van der Waals surface area contributed by atoms with E-state index in [2.05, 4.69) is 15.5 Å². The third kappa shape index (κ3) is 3.20. The van der Waals surface area contributed by atoms with Crippen molar-refractivity contribution in [1.29, 1.82) is 0 Å². The molecule has 5 heteroatoms. The summed E-state index contributed by atoms with van der Waals surface area (Å²) in [5.74, 6) is -0.215. The summed E-state index contributed by atoms with van der Waals surface area (Å²) in [6.07, 6.45) is 1.50. The van der Waals surface area contributed by atoms with Crippen molar-refractivity contribution in [3.8, 4) is 5.75 Å². The van der Waals surface area contributed by atoms with Crippen LogP contribution in [-0.2, 0) is 0 Å². The van der Waals surface area contributed by atoms with Gasteiger partial charge in [-0.05, 0) is 38.1 Å². The second-order valence-electron chi connectivity index (χ2n) is 4.34. The summed E-state index contributed by atoms with van der Waals surface area (Å²) in [5, 5.41) is 13.7. The number of nitrogens with zero attached hydrogens (tertiary/aromatic N) is 2. The minimum atomic E-state index is -0.340. The molecule has 0 spiro atoms. The minimum Gasteiger partial charge on any atom is -0.507 e. The van der Waals surface area contributed by atoms with Crippen LogP contribution in [0.1, 0.15) is 28.5 Å². The highest BCUT2D eigenvalue weighted by Crippen LogP contribution is 2.16. The molecule has 2 aromatic rings. The monoisotopic (exact) mass is 269 g/mol. The van der Waals surface area contributed by atoms with Gasteiger partial charge < -0.3 is 5.11 Å². The second kappa shape index (κ2) is 5.97. The molecule has 2 rings (SSSR count). The van der Waals surface area contributed by atoms with Crippen LogP contribution in [0.15, 0.2) is 47.7 Å². The molecule has 5 nitrogen and oxygen atoms in total. The van der Waals surface area contributed by atoms with E-state index in [1.54, 1.807) is 43.3 Å². The molecular weight excluding hydrogens is 254 g/mol. The van der Waals surface area contributed by atoms with Gasteiger partial charge in [-0.2, -0.15) is 5.10 Å². The highest BCUT2D eigenvalue weighted by atomic mass is 16.3. The Morgan fingerprint density at radius 1 is 1.25 bits per heavy atom. The number of phenols is 1. The highest BCUT2D eigenvalue weighted by molar-refractivity contribution is 6.02. The molecule has 0 fully saturated rings. The molecule has 0 saturated heterocycles. The highest BCUT2D eigenvalue weighted by Gasteiger charge is 2.06. The van der Waals surface area contributed by atoms with Gasteiger partial charge in [-0.1, -0.05) is 12.1 Å². The van der Waals surface area contributed by atoms with Crippen LogP contribution in [0.5, 0.6) is 5.75 Å². The lowest BCUT2D eigenvalue weighted by Crippen LogP contribution is -2.19. The first-order valence-electron chi connectivity index (χ1n) is 6.13. The molecule has 0 unspecified atom stereocenters. The molecule has 0 saturated carbocycles. The molecule has 0 bridgehead atoms. The molecule has 2 N–H and O–H groups in total. The zero-order chi connectivity index (χ0) is 14.5. The summed E-state index contributed by atoms with van der Waals surface area (Å²) in [5.41, 5.74) is 4.82.